The molecule has 0 saturated heterocycles. The van der Waals surface area contributed by atoms with Crippen LogP contribution in [-0.2, 0) is 10.5 Å². The van der Waals surface area contributed by atoms with Gasteiger partial charge in [-0.1, -0.05) is 56.3 Å². The largest absolute Gasteiger partial charge is 0.326 e. The summed E-state index contributed by atoms with van der Waals surface area (Å²) in [6, 6.07) is 15.5. The van der Waals surface area contributed by atoms with Gasteiger partial charge in [-0.05, 0) is 34.9 Å². The molecule has 0 heterocycles. The third-order valence-electron chi connectivity index (χ3n) is 3.93. The Balaban J connectivity index is 2.00. The summed E-state index contributed by atoms with van der Waals surface area (Å²) in [5.41, 5.74) is 10.4. The molecule has 24 heavy (non-hydrogen) atoms. The van der Waals surface area contributed by atoms with Gasteiger partial charge >= 0.3 is 0 Å². The van der Waals surface area contributed by atoms with Crippen molar-refractivity contribution in [3.63, 3.8) is 0 Å². The summed E-state index contributed by atoms with van der Waals surface area (Å²) < 4.78 is 0. The Morgan fingerprint density at radius 3 is 2.50 bits per heavy atom. The van der Waals surface area contributed by atoms with E-state index in [0.717, 1.165) is 22.6 Å². The molecular weight excluding hydrogens is 316 g/mol. The Labute approximate surface area is 149 Å². The van der Waals surface area contributed by atoms with Gasteiger partial charge in [-0.2, -0.15) is 11.8 Å². The molecule has 3 N–H and O–H groups in total. The van der Waals surface area contributed by atoms with Crippen LogP contribution in [0.15, 0.2) is 48.5 Å². The van der Waals surface area contributed by atoms with Crippen LogP contribution in [0.2, 0.25) is 0 Å². The van der Waals surface area contributed by atoms with E-state index in [1.807, 2.05) is 54.2 Å². The summed E-state index contributed by atoms with van der Waals surface area (Å²) >= 11 is 1.90. The molecule has 0 bridgehead atoms. The Morgan fingerprint density at radius 1 is 1.12 bits per heavy atom. The Bertz CT molecular complexity index is 671. The van der Waals surface area contributed by atoms with Crippen molar-refractivity contribution in [3.8, 4) is 0 Å². The number of nitrogens with one attached hydrogen (secondary N) is 1. The van der Waals surface area contributed by atoms with Crippen LogP contribution in [-0.4, -0.2) is 11.2 Å². The molecule has 3 nitrogen and oxygen atoms in total. The van der Waals surface area contributed by atoms with Crippen LogP contribution in [0.5, 0.6) is 0 Å². The zero-order chi connectivity index (χ0) is 17.5. The minimum atomic E-state index is -0.286. The third-order valence-corrected chi connectivity index (χ3v) is 5.07. The number of thioether (sulfide) groups is 1. The molecular formula is C20H26N2OS. The number of hydrogen-bond acceptors (Lipinski definition) is 3. The van der Waals surface area contributed by atoms with Gasteiger partial charge in [0.25, 0.3) is 0 Å². The monoisotopic (exact) mass is 342 g/mol. The first-order valence-electron chi connectivity index (χ1n) is 8.28. The van der Waals surface area contributed by atoms with Gasteiger partial charge in [0.15, 0.2) is 0 Å². The van der Waals surface area contributed by atoms with Crippen LogP contribution in [0.4, 0.5) is 5.69 Å². The highest BCUT2D eigenvalue weighted by Crippen LogP contribution is 2.25. The van der Waals surface area contributed by atoms with Gasteiger partial charge in [-0.15, -0.1) is 0 Å². The van der Waals surface area contributed by atoms with Crippen LogP contribution in [0.25, 0.3) is 0 Å². The molecule has 0 aliphatic carbocycles. The number of hydrogen-bond donors (Lipinski definition) is 2. The molecule has 0 aliphatic heterocycles. The number of anilines is 1. The van der Waals surface area contributed by atoms with E-state index < -0.39 is 0 Å². The number of amides is 1. The lowest BCUT2D eigenvalue weighted by Gasteiger charge is -2.15. The molecule has 0 saturated carbocycles. The molecule has 0 spiro atoms. The van der Waals surface area contributed by atoms with Crippen LogP contribution < -0.4 is 11.1 Å². The number of carbonyl (C=O) groups excluding carboxylic acids is 1. The molecule has 0 aliphatic rings. The lowest BCUT2D eigenvalue weighted by atomic mass is 10.0. The highest BCUT2D eigenvalue weighted by atomic mass is 32.2. The molecule has 2 rings (SSSR count). The topological polar surface area (TPSA) is 55.1 Å². The second kappa shape index (κ2) is 8.90. The van der Waals surface area contributed by atoms with Crippen molar-refractivity contribution < 1.29 is 4.79 Å². The summed E-state index contributed by atoms with van der Waals surface area (Å²) in [5, 5.41) is 3.60. The van der Waals surface area contributed by atoms with Crippen LogP contribution in [0.3, 0.4) is 0 Å². The van der Waals surface area contributed by atoms with Gasteiger partial charge in [0.1, 0.15) is 0 Å². The molecule has 1 unspecified atom stereocenters. The average molecular weight is 343 g/mol. The summed E-state index contributed by atoms with van der Waals surface area (Å²) in [4.78, 5) is 12.3. The standard InChI is InChI=1S/C20H26N2OS/c1-14(2)24-13-17-10-7-11-19(15(17)3)22-20(23)12-18(21)16-8-5-4-6-9-16/h4-11,14,18H,12-13,21H2,1-3H3,(H,22,23). The Hall–Kier alpha value is -1.78. The molecule has 0 aromatic heterocycles. The number of rotatable bonds is 7. The lowest BCUT2D eigenvalue weighted by Crippen LogP contribution is -2.21. The normalized spacial score (nSPS) is 12.2. The van der Waals surface area contributed by atoms with Crippen molar-refractivity contribution in [2.75, 3.05) is 5.32 Å². The molecule has 1 amide bonds. The molecule has 0 radical (unpaired) electrons. The van der Waals surface area contributed by atoms with Crippen molar-refractivity contribution in [1.29, 1.82) is 0 Å². The minimum Gasteiger partial charge on any atom is -0.326 e. The second-order valence-corrected chi connectivity index (χ2v) is 7.78. The van der Waals surface area contributed by atoms with Crippen molar-refractivity contribution in [2.45, 2.75) is 44.2 Å². The van der Waals surface area contributed by atoms with Crippen molar-refractivity contribution >= 4 is 23.4 Å². The molecule has 1 atom stereocenters. The summed E-state index contributed by atoms with van der Waals surface area (Å²) in [5.74, 6) is 0.902. The van der Waals surface area contributed by atoms with E-state index in [9.17, 15) is 4.79 Å². The van der Waals surface area contributed by atoms with Crippen LogP contribution in [0, 0.1) is 6.92 Å². The first kappa shape index (κ1) is 18.6. The Morgan fingerprint density at radius 2 is 1.83 bits per heavy atom. The minimum absolute atomic E-state index is 0.0527. The van der Waals surface area contributed by atoms with Gasteiger partial charge in [-0.3, -0.25) is 4.79 Å². The van der Waals surface area contributed by atoms with Gasteiger partial charge in [0, 0.05) is 23.9 Å². The highest BCUT2D eigenvalue weighted by molar-refractivity contribution is 7.99. The fourth-order valence-corrected chi connectivity index (χ4v) is 3.28. The van der Waals surface area contributed by atoms with Crippen LogP contribution >= 0.6 is 11.8 Å². The van der Waals surface area contributed by atoms with E-state index in [-0.39, 0.29) is 18.4 Å². The van der Waals surface area contributed by atoms with E-state index >= 15 is 0 Å². The van der Waals surface area contributed by atoms with E-state index in [1.54, 1.807) is 0 Å². The van der Waals surface area contributed by atoms with Crippen molar-refractivity contribution in [2.24, 2.45) is 5.73 Å². The summed E-state index contributed by atoms with van der Waals surface area (Å²) in [7, 11) is 0. The van der Waals surface area contributed by atoms with Gasteiger partial charge in [-0.25, -0.2) is 0 Å². The van der Waals surface area contributed by atoms with Gasteiger partial charge < -0.3 is 11.1 Å². The first-order valence-corrected chi connectivity index (χ1v) is 9.32. The molecule has 4 heteroatoms. The zero-order valence-electron chi connectivity index (χ0n) is 14.6. The summed E-state index contributed by atoms with van der Waals surface area (Å²) in [6.07, 6.45) is 0.272. The van der Waals surface area contributed by atoms with E-state index in [4.69, 9.17) is 5.73 Å². The van der Waals surface area contributed by atoms with Gasteiger partial charge in [0.05, 0.1) is 0 Å². The number of nitrogens with two attached hydrogens (primary N) is 1. The van der Waals surface area contributed by atoms with Crippen molar-refractivity contribution in [3.05, 3.63) is 65.2 Å². The van der Waals surface area contributed by atoms with E-state index in [0.29, 0.717) is 5.25 Å². The first-order chi connectivity index (χ1) is 11.5. The molecule has 128 valence electrons. The molecule has 0 fully saturated rings. The highest BCUT2D eigenvalue weighted by Gasteiger charge is 2.13. The summed E-state index contributed by atoms with van der Waals surface area (Å²) in [6.45, 7) is 6.44. The Kier molecular flexibility index (Phi) is 6.88. The number of carbonyl (C=O) groups is 1. The number of benzene rings is 2. The molecule has 2 aromatic carbocycles. The fraction of sp³-hybridized carbons (Fsp3) is 0.350. The van der Waals surface area contributed by atoms with Gasteiger partial charge in [0.2, 0.25) is 5.91 Å². The predicted molar refractivity (Wildman–Crippen MR) is 104 cm³/mol. The molecule has 2 aromatic rings. The van der Waals surface area contributed by atoms with E-state index in [1.165, 1.54) is 5.56 Å². The fourth-order valence-electron chi connectivity index (χ4n) is 2.45. The predicted octanol–water partition coefficient (Wildman–Crippen LogP) is 4.67. The van der Waals surface area contributed by atoms with Crippen LogP contribution in [0.1, 0.15) is 43.0 Å². The second-order valence-electron chi connectivity index (χ2n) is 6.22. The maximum atomic E-state index is 12.3. The lowest BCUT2D eigenvalue weighted by molar-refractivity contribution is -0.116. The van der Waals surface area contributed by atoms with Crippen molar-refractivity contribution in [1.82, 2.24) is 0 Å². The zero-order valence-corrected chi connectivity index (χ0v) is 15.4. The van der Waals surface area contributed by atoms with E-state index in [2.05, 4.69) is 32.2 Å². The maximum Gasteiger partial charge on any atom is 0.226 e. The SMILES string of the molecule is Cc1c(CSC(C)C)cccc1NC(=O)CC(N)c1ccccc1. The average Bonchev–Trinajstić information content (AvgIpc) is 2.56. The smallest absolute Gasteiger partial charge is 0.226 e. The third kappa shape index (κ3) is 5.39. The quantitative estimate of drug-likeness (QED) is 0.769. The maximum absolute atomic E-state index is 12.3.